The summed E-state index contributed by atoms with van der Waals surface area (Å²) in [5, 5.41) is 16.3. The van der Waals surface area contributed by atoms with E-state index in [1.807, 2.05) is 11.4 Å². The number of hydrogen-bond acceptors (Lipinski definition) is 4. The number of nitrogens with zero attached hydrogens (tertiary/aromatic N) is 1. The molecule has 1 N–H and O–H groups in total. The van der Waals surface area contributed by atoms with Crippen molar-refractivity contribution in [3.8, 4) is 0 Å². The fourth-order valence-corrected chi connectivity index (χ4v) is 3.95. The van der Waals surface area contributed by atoms with Gasteiger partial charge in [-0.25, -0.2) is 4.39 Å². The predicted octanol–water partition coefficient (Wildman–Crippen LogP) is 5.05. The zero-order valence-electron chi connectivity index (χ0n) is 10.9. The highest BCUT2D eigenvalue weighted by Crippen LogP contribution is 2.38. The largest absolute Gasteiger partial charge is 0.373 e. The number of anilines is 1. The lowest BCUT2D eigenvalue weighted by atomic mass is 9.94. The van der Waals surface area contributed by atoms with Crippen molar-refractivity contribution in [2.45, 2.75) is 25.3 Å². The average Bonchev–Trinajstić information content (AvgIpc) is 2.91. The lowest BCUT2D eigenvalue weighted by molar-refractivity contribution is -0.384. The van der Waals surface area contributed by atoms with Gasteiger partial charge < -0.3 is 5.32 Å². The van der Waals surface area contributed by atoms with Crippen molar-refractivity contribution in [3.63, 3.8) is 0 Å². The van der Waals surface area contributed by atoms with Gasteiger partial charge in [0.05, 0.1) is 15.4 Å². The molecule has 1 aromatic carbocycles. The van der Waals surface area contributed by atoms with Crippen LogP contribution in [0.3, 0.4) is 0 Å². The molecule has 1 aliphatic rings. The Labute approximate surface area is 133 Å². The summed E-state index contributed by atoms with van der Waals surface area (Å²) >= 11 is 4.69. The third-order valence-electron chi connectivity index (χ3n) is 3.62. The number of nitro benzene ring substituents is 1. The van der Waals surface area contributed by atoms with Crippen LogP contribution in [0.4, 0.5) is 15.8 Å². The highest BCUT2D eigenvalue weighted by molar-refractivity contribution is 9.10. The molecule has 21 heavy (non-hydrogen) atoms. The van der Waals surface area contributed by atoms with Crippen molar-refractivity contribution < 1.29 is 9.31 Å². The molecule has 0 amide bonds. The van der Waals surface area contributed by atoms with E-state index < -0.39 is 10.7 Å². The number of halogens is 2. The molecule has 0 radical (unpaired) electrons. The fraction of sp³-hybridized carbons (Fsp3) is 0.286. The summed E-state index contributed by atoms with van der Waals surface area (Å²) < 4.78 is 13.8. The lowest BCUT2D eigenvalue weighted by Gasteiger charge is -2.24. The van der Waals surface area contributed by atoms with Crippen molar-refractivity contribution in [3.05, 3.63) is 54.4 Å². The number of thiophene rings is 1. The van der Waals surface area contributed by atoms with Gasteiger partial charge in [-0.05, 0) is 52.2 Å². The number of aryl methyl sites for hydroxylation is 1. The molecule has 3 rings (SSSR count). The molecule has 0 saturated carbocycles. The van der Waals surface area contributed by atoms with Crippen molar-refractivity contribution in [2.24, 2.45) is 0 Å². The van der Waals surface area contributed by atoms with E-state index in [-0.39, 0.29) is 21.9 Å². The standard InChI is InChI=1S/C14H12BrFN2O2S/c15-9-6-13(18(19)20)12(7-10(9)16)17-11-2-1-3-14-8(11)4-5-21-14/h4-7,11,17H,1-3H2. The molecule has 4 nitrogen and oxygen atoms in total. The second-order valence-corrected chi connectivity index (χ2v) is 6.78. The molecule has 1 aromatic heterocycles. The monoisotopic (exact) mass is 370 g/mol. The van der Waals surface area contributed by atoms with E-state index in [0.717, 1.165) is 19.3 Å². The summed E-state index contributed by atoms with van der Waals surface area (Å²) in [5.41, 5.74) is 1.28. The highest BCUT2D eigenvalue weighted by Gasteiger charge is 2.25. The number of nitro groups is 1. The molecule has 1 unspecified atom stereocenters. The van der Waals surface area contributed by atoms with E-state index in [4.69, 9.17) is 0 Å². The normalized spacial score (nSPS) is 17.3. The Bertz CT molecular complexity index is 704. The van der Waals surface area contributed by atoms with Crippen molar-refractivity contribution in [2.75, 3.05) is 5.32 Å². The Hall–Kier alpha value is -1.47. The molecule has 1 heterocycles. The zero-order chi connectivity index (χ0) is 15.0. The smallest absolute Gasteiger partial charge is 0.293 e. The van der Waals surface area contributed by atoms with E-state index in [0.29, 0.717) is 0 Å². The van der Waals surface area contributed by atoms with Gasteiger partial charge in [0.15, 0.2) is 0 Å². The third-order valence-corrected chi connectivity index (χ3v) is 5.22. The maximum atomic E-state index is 13.7. The van der Waals surface area contributed by atoms with Crippen LogP contribution in [0.1, 0.15) is 29.3 Å². The van der Waals surface area contributed by atoms with Crippen LogP contribution in [0, 0.1) is 15.9 Å². The first-order valence-electron chi connectivity index (χ1n) is 6.52. The number of fused-ring (bicyclic) bond motifs is 1. The quantitative estimate of drug-likeness (QED) is 0.607. The molecule has 7 heteroatoms. The van der Waals surface area contributed by atoms with Crippen LogP contribution in [0.5, 0.6) is 0 Å². The molecule has 0 saturated heterocycles. The summed E-state index contributed by atoms with van der Waals surface area (Å²) in [5.74, 6) is -0.510. The molecular formula is C14H12BrFN2O2S. The second-order valence-electron chi connectivity index (χ2n) is 4.93. The Morgan fingerprint density at radius 1 is 1.48 bits per heavy atom. The van der Waals surface area contributed by atoms with Gasteiger partial charge >= 0.3 is 0 Å². The molecule has 0 spiro atoms. The first kappa shape index (κ1) is 14.5. The molecule has 0 aliphatic heterocycles. The van der Waals surface area contributed by atoms with Gasteiger partial charge in [0.1, 0.15) is 11.5 Å². The van der Waals surface area contributed by atoms with E-state index in [1.165, 1.54) is 22.6 Å². The first-order chi connectivity index (χ1) is 10.1. The SMILES string of the molecule is O=[N+]([O-])c1cc(Br)c(F)cc1NC1CCCc2sccc21. The minimum atomic E-state index is -0.510. The van der Waals surface area contributed by atoms with Gasteiger partial charge in [0.25, 0.3) is 5.69 Å². The average molecular weight is 371 g/mol. The van der Waals surface area contributed by atoms with Gasteiger partial charge in [0.2, 0.25) is 0 Å². The second kappa shape index (κ2) is 5.73. The lowest BCUT2D eigenvalue weighted by Crippen LogP contribution is -2.16. The fourth-order valence-electron chi connectivity index (χ4n) is 2.63. The molecule has 0 fully saturated rings. The number of benzene rings is 1. The molecule has 0 bridgehead atoms. The van der Waals surface area contributed by atoms with Crippen LogP contribution in [0.15, 0.2) is 28.1 Å². The minimum absolute atomic E-state index is 0.000671. The predicted molar refractivity (Wildman–Crippen MR) is 84.4 cm³/mol. The maximum Gasteiger partial charge on any atom is 0.293 e. The van der Waals surface area contributed by atoms with E-state index >= 15 is 0 Å². The van der Waals surface area contributed by atoms with Gasteiger partial charge in [-0.15, -0.1) is 11.3 Å². The van der Waals surface area contributed by atoms with E-state index in [9.17, 15) is 14.5 Å². The Kier molecular flexibility index (Phi) is 3.95. The van der Waals surface area contributed by atoms with Crippen molar-refractivity contribution in [1.82, 2.24) is 0 Å². The van der Waals surface area contributed by atoms with E-state index in [2.05, 4.69) is 21.2 Å². The van der Waals surface area contributed by atoms with Gasteiger partial charge in [-0.1, -0.05) is 0 Å². The number of nitrogens with one attached hydrogen (secondary N) is 1. The third kappa shape index (κ3) is 2.80. The van der Waals surface area contributed by atoms with Crippen molar-refractivity contribution in [1.29, 1.82) is 0 Å². The first-order valence-corrected chi connectivity index (χ1v) is 8.20. The Morgan fingerprint density at radius 3 is 3.05 bits per heavy atom. The summed E-state index contributed by atoms with van der Waals surface area (Å²) in [6.45, 7) is 0. The zero-order valence-corrected chi connectivity index (χ0v) is 13.3. The highest BCUT2D eigenvalue weighted by atomic mass is 79.9. The van der Waals surface area contributed by atoms with Crippen LogP contribution in [0.25, 0.3) is 0 Å². The van der Waals surface area contributed by atoms with Crippen LogP contribution in [-0.4, -0.2) is 4.92 Å². The Morgan fingerprint density at radius 2 is 2.29 bits per heavy atom. The van der Waals surface area contributed by atoms with Crippen LogP contribution < -0.4 is 5.32 Å². The molecule has 110 valence electrons. The number of rotatable bonds is 3. The summed E-state index contributed by atoms with van der Waals surface area (Å²) in [4.78, 5) is 12.0. The van der Waals surface area contributed by atoms with Gasteiger partial charge in [0, 0.05) is 17.0 Å². The van der Waals surface area contributed by atoms with Gasteiger partial charge in [-0.2, -0.15) is 0 Å². The summed E-state index contributed by atoms with van der Waals surface area (Å²) in [7, 11) is 0. The molecule has 2 aromatic rings. The molecule has 1 aliphatic carbocycles. The van der Waals surface area contributed by atoms with Gasteiger partial charge in [-0.3, -0.25) is 10.1 Å². The molecule has 1 atom stereocenters. The van der Waals surface area contributed by atoms with Crippen LogP contribution >= 0.6 is 27.3 Å². The number of hydrogen-bond donors (Lipinski definition) is 1. The van der Waals surface area contributed by atoms with Crippen LogP contribution in [0.2, 0.25) is 0 Å². The van der Waals surface area contributed by atoms with Crippen molar-refractivity contribution >= 4 is 38.6 Å². The topological polar surface area (TPSA) is 55.2 Å². The minimum Gasteiger partial charge on any atom is -0.373 e. The Balaban J connectivity index is 1.96. The maximum absolute atomic E-state index is 13.7. The van der Waals surface area contributed by atoms with Crippen LogP contribution in [-0.2, 0) is 6.42 Å². The van der Waals surface area contributed by atoms with E-state index in [1.54, 1.807) is 11.3 Å². The summed E-state index contributed by atoms with van der Waals surface area (Å²) in [6.07, 6.45) is 2.96. The molecular weight excluding hydrogens is 359 g/mol. The summed E-state index contributed by atoms with van der Waals surface area (Å²) in [6, 6.07) is 4.43.